The zero-order valence-electron chi connectivity index (χ0n) is 18.1. The summed E-state index contributed by atoms with van der Waals surface area (Å²) < 4.78 is 1.97. The maximum absolute atomic E-state index is 13.1. The van der Waals surface area contributed by atoms with Crippen LogP contribution in [0.5, 0.6) is 0 Å². The molecule has 0 radical (unpaired) electrons. The topological polar surface area (TPSA) is 69.9 Å². The average Bonchev–Trinajstić information content (AvgIpc) is 3.16. The fourth-order valence-electron chi connectivity index (χ4n) is 4.07. The van der Waals surface area contributed by atoms with Gasteiger partial charge in [-0.25, -0.2) is 0 Å². The predicted octanol–water partition coefficient (Wildman–Crippen LogP) is 2.09. The van der Waals surface area contributed by atoms with Crippen molar-refractivity contribution in [1.29, 1.82) is 0 Å². The second kappa shape index (κ2) is 8.49. The van der Waals surface area contributed by atoms with Crippen molar-refractivity contribution in [2.24, 2.45) is 0 Å². The molecule has 4 heterocycles. The van der Waals surface area contributed by atoms with Gasteiger partial charge in [0.05, 0.1) is 23.8 Å². The number of nitrogens with zero attached hydrogens (tertiary/aromatic N) is 7. The van der Waals surface area contributed by atoms with Crippen LogP contribution < -0.4 is 0 Å². The fourth-order valence-corrected chi connectivity index (χ4v) is 4.07. The van der Waals surface area contributed by atoms with E-state index < -0.39 is 0 Å². The first-order valence-corrected chi connectivity index (χ1v) is 10.4. The van der Waals surface area contributed by atoms with E-state index in [0.717, 1.165) is 36.8 Å². The summed E-state index contributed by atoms with van der Waals surface area (Å²) in [5.41, 5.74) is 2.23. The normalized spacial score (nSPS) is 18.2. The van der Waals surface area contributed by atoms with E-state index in [1.807, 2.05) is 40.9 Å². The molecule has 1 atom stereocenters. The van der Waals surface area contributed by atoms with Crippen molar-refractivity contribution in [3.05, 3.63) is 59.8 Å². The van der Waals surface area contributed by atoms with Crippen molar-refractivity contribution in [3.63, 3.8) is 0 Å². The molecule has 0 spiro atoms. The Kier molecular flexibility index (Phi) is 5.78. The lowest BCUT2D eigenvalue weighted by atomic mass is 10.1. The first-order chi connectivity index (χ1) is 14.4. The van der Waals surface area contributed by atoms with Gasteiger partial charge in [-0.15, -0.1) is 10.2 Å². The van der Waals surface area contributed by atoms with E-state index in [4.69, 9.17) is 0 Å². The van der Waals surface area contributed by atoms with Gasteiger partial charge in [-0.3, -0.25) is 19.1 Å². The van der Waals surface area contributed by atoms with Gasteiger partial charge in [0.25, 0.3) is 5.91 Å². The van der Waals surface area contributed by atoms with Gasteiger partial charge in [-0.2, -0.15) is 0 Å². The van der Waals surface area contributed by atoms with Gasteiger partial charge in [-0.1, -0.05) is 6.07 Å². The summed E-state index contributed by atoms with van der Waals surface area (Å²) in [6.45, 7) is 7.79. The van der Waals surface area contributed by atoms with Gasteiger partial charge >= 0.3 is 0 Å². The Bertz CT molecular complexity index is 1020. The molecule has 158 valence electrons. The van der Waals surface area contributed by atoms with Gasteiger partial charge in [0, 0.05) is 45.1 Å². The first-order valence-electron chi connectivity index (χ1n) is 10.4. The number of aromatic nitrogens is 4. The number of carbonyl (C=O) groups excluding carboxylic acids is 1. The monoisotopic (exact) mass is 407 g/mol. The molecule has 1 saturated heterocycles. The number of piperazine rings is 1. The molecule has 8 heteroatoms. The minimum atomic E-state index is -0.0521. The van der Waals surface area contributed by atoms with Crippen molar-refractivity contribution in [2.45, 2.75) is 32.5 Å². The maximum Gasteiger partial charge on any atom is 0.255 e. The third-order valence-electron chi connectivity index (χ3n) is 5.73. The Labute approximate surface area is 177 Å². The molecule has 0 bridgehead atoms. The van der Waals surface area contributed by atoms with Crippen LogP contribution in [-0.4, -0.2) is 80.0 Å². The number of carbonyl (C=O) groups is 1. The maximum atomic E-state index is 13.1. The molecule has 0 N–H and O–H groups in total. The number of hydrogen-bond donors (Lipinski definition) is 0. The summed E-state index contributed by atoms with van der Waals surface area (Å²) in [5.74, 6) is 0.830. The molecule has 0 saturated carbocycles. The lowest BCUT2D eigenvalue weighted by molar-refractivity contribution is 0.0586. The number of likely N-dealkylation sites (N-methyl/N-ethyl adjacent to an activating group) is 1. The molecule has 30 heavy (non-hydrogen) atoms. The van der Waals surface area contributed by atoms with Gasteiger partial charge < -0.3 is 9.80 Å². The van der Waals surface area contributed by atoms with Crippen LogP contribution in [0, 0.1) is 0 Å². The molecule has 0 aliphatic carbocycles. The van der Waals surface area contributed by atoms with Gasteiger partial charge in [0.1, 0.15) is 0 Å². The van der Waals surface area contributed by atoms with E-state index in [9.17, 15) is 4.79 Å². The average molecular weight is 408 g/mol. The van der Waals surface area contributed by atoms with Crippen LogP contribution in [0.1, 0.15) is 41.8 Å². The lowest BCUT2D eigenvalue weighted by Gasteiger charge is -2.41. The second-order valence-corrected chi connectivity index (χ2v) is 8.30. The summed E-state index contributed by atoms with van der Waals surface area (Å²) in [5, 5.41) is 8.87. The van der Waals surface area contributed by atoms with Crippen LogP contribution in [0.2, 0.25) is 0 Å². The van der Waals surface area contributed by atoms with Crippen molar-refractivity contribution in [1.82, 2.24) is 34.3 Å². The summed E-state index contributed by atoms with van der Waals surface area (Å²) in [7, 11) is 3.93. The quantitative estimate of drug-likeness (QED) is 0.645. The second-order valence-electron chi connectivity index (χ2n) is 8.30. The summed E-state index contributed by atoms with van der Waals surface area (Å²) in [4.78, 5) is 23.8. The number of fused-ring (bicyclic) bond motifs is 1. The molecular formula is C22H29N7O. The number of pyridine rings is 2. The molecule has 3 aromatic rings. The Morgan fingerprint density at radius 1 is 1.20 bits per heavy atom. The largest absolute Gasteiger partial charge is 0.336 e. The molecule has 1 unspecified atom stereocenters. The summed E-state index contributed by atoms with van der Waals surface area (Å²) in [6.07, 6.45) is 3.61. The number of rotatable bonds is 5. The Morgan fingerprint density at radius 2 is 2.03 bits per heavy atom. The van der Waals surface area contributed by atoms with E-state index in [0.29, 0.717) is 18.2 Å². The molecule has 1 amide bonds. The van der Waals surface area contributed by atoms with Crippen LogP contribution >= 0.6 is 0 Å². The zero-order valence-corrected chi connectivity index (χ0v) is 18.1. The van der Waals surface area contributed by atoms with Crippen LogP contribution in [0.4, 0.5) is 0 Å². The summed E-state index contributed by atoms with van der Waals surface area (Å²) >= 11 is 0. The van der Waals surface area contributed by atoms with Crippen LogP contribution in [0.3, 0.4) is 0 Å². The van der Waals surface area contributed by atoms with Crippen molar-refractivity contribution >= 4 is 11.6 Å². The highest BCUT2D eigenvalue weighted by Gasteiger charge is 2.32. The molecule has 1 aliphatic heterocycles. The SMILES string of the molecule is CC(C)N1CCN(C)CC1c1nnc2ccc(C(=O)N(C)Cc3ccccn3)cn12. The Balaban J connectivity index is 1.63. The van der Waals surface area contributed by atoms with Gasteiger partial charge in [-0.05, 0) is 45.2 Å². The molecule has 4 rings (SSSR count). The van der Waals surface area contributed by atoms with Crippen molar-refractivity contribution in [3.8, 4) is 0 Å². The molecule has 1 fully saturated rings. The van der Waals surface area contributed by atoms with E-state index in [2.05, 4.69) is 45.9 Å². The van der Waals surface area contributed by atoms with Crippen LogP contribution in [-0.2, 0) is 6.54 Å². The standard InChI is InChI=1S/C22H29N7O/c1-16(2)28-12-11-26(3)15-19(28)21-25-24-20-9-8-17(13-29(20)21)22(30)27(4)14-18-7-5-6-10-23-18/h5-10,13,16,19H,11-12,14-15H2,1-4H3. The minimum absolute atomic E-state index is 0.0521. The molecule has 3 aromatic heterocycles. The third-order valence-corrected chi connectivity index (χ3v) is 5.73. The number of hydrogen-bond acceptors (Lipinski definition) is 6. The third kappa shape index (κ3) is 4.06. The highest BCUT2D eigenvalue weighted by atomic mass is 16.2. The highest BCUT2D eigenvalue weighted by Crippen LogP contribution is 2.26. The molecule has 0 aromatic carbocycles. The number of amides is 1. The molecule has 8 nitrogen and oxygen atoms in total. The lowest BCUT2D eigenvalue weighted by Crippen LogP contribution is -2.50. The van der Waals surface area contributed by atoms with Crippen LogP contribution in [0.15, 0.2) is 42.7 Å². The van der Waals surface area contributed by atoms with Crippen molar-refractivity contribution in [2.75, 3.05) is 33.7 Å². The van der Waals surface area contributed by atoms with E-state index in [1.54, 1.807) is 18.1 Å². The van der Waals surface area contributed by atoms with Crippen molar-refractivity contribution < 1.29 is 4.79 Å². The van der Waals surface area contributed by atoms with E-state index >= 15 is 0 Å². The van der Waals surface area contributed by atoms with Gasteiger partial charge in [0.2, 0.25) is 0 Å². The van der Waals surface area contributed by atoms with Crippen LogP contribution in [0.25, 0.3) is 5.65 Å². The predicted molar refractivity (Wildman–Crippen MR) is 115 cm³/mol. The Morgan fingerprint density at radius 3 is 2.77 bits per heavy atom. The first kappa shape index (κ1) is 20.4. The fraction of sp³-hybridized carbons (Fsp3) is 0.455. The molecule has 1 aliphatic rings. The molecular weight excluding hydrogens is 378 g/mol. The van der Waals surface area contributed by atoms with Gasteiger partial charge in [0.15, 0.2) is 11.5 Å². The zero-order chi connectivity index (χ0) is 21.3. The Hall–Kier alpha value is -2.84. The van der Waals surface area contributed by atoms with E-state index in [1.165, 1.54) is 0 Å². The van der Waals surface area contributed by atoms with E-state index in [-0.39, 0.29) is 11.9 Å². The summed E-state index contributed by atoms with van der Waals surface area (Å²) in [6, 6.07) is 9.95. The highest BCUT2D eigenvalue weighted by molar-refractivity contribution is 5.94. The smallest absolute Gasteiger partial charge is 0.255 e. The minimum Gasteiger partial charge on any atom is -0.336 e.